The Balaban J connectivity index is 1.65. The van der Waals surface area contributed by atoms with Crippen molar-refractivity contribution < 1.29 is 31.1 Å². The summed E-state index contributed by atoms with van der Waals surface area (Å²) in [5.74, 6) is -5.04. The average molecular weight is 801 g/mol. The van der Waals surface area contributed by atoms with Gasteiger partial charge in [-0.25, -0.2) is 35.9 Å². The molecule has 50 heavy (non-hydrogen) atoms. The highest BCUT2D eigenvalue weighted by Gasteiger charge is 2.36. The monoisotopic (exact) mass is 799 g/mol. The summed E-state index contributed by atoms with van der Waals surface area (Å²) in [5.41, 5.74) is 6.94. The number of fused-ring (bicyclic) bond motifs is 2. The van der Waals surface area contributed by atoms with Crippen LogP contribution in [0.15, 0.2) is 41.2 Å². The van der Waals surface area contributed by atoms with Crippen LogP contribution in [0.25, 0.3) is 27.6 Å². The van der Waals surface area contributed by atoms with Crippen LogP contribution >= 0.6 is 27.5 Å². The summed E-state index contributed by atoms with van der Waals surface area (Å²) < 4.78 is 85.9. The van der Waals surface area contributed by atoms with Crippen LogP contribution in [-0.2, 0) is 29.6 Å². The van der Waals surface area contributed by atoms with Crippen molar-refractivity contribution in [1.82, 2.24) is 24.3 Å². The Morgan fingerprint density at radius 3 is 2.42 bits per heavy atom. The highest BCUT2D eigenvalue weighted by molar-refractivity contribution is 9.09. The maximum absolute atomic E-state index is 14.7. The second-order valence-electron chi connectivity index (χ2n) is 12.3. The molecular weight excluding hydrogens is 770 g/mol. The SMILES string of the molecule is CS(=O)(=O)Nc1nn(CCBr)c2c(-n3c([C@@H](N)Cc4cc(F)cc(F)c4)nc4nc(C5CCC(F)(F)CC5)cc(CO)c4c3=O)ccc(Cl)c12. The van der Waals surface area contributed by atoms with Crippen molar-refractivity contribution in [1.29, 1.82) is 0 Å². The van der Waals surface area contributed by atoms with E-state index in [9.17, 15) is 35.9 Å². The number of nitrogens with zero attached hydrogens (tertiary/aromatic N) is 5. The Hall–Kier alpha value is -3.64. The Morgan fingerprint density at radius 1 is 1.12 bits per heavy atom. The smallest absolute Gasteiger partial charge is 0.268 e. The Labute approximate surface area is 296 Å². The molecule has 1 aliphatic rings. The zero-order valence-corrected chi connectivity index (χ0v) is 29.6. The predicted octanol–water partition coefficient (Wildman–Crippen LogP) is 5.86. The van der Waals surface area contributed by atoms with E-state index < -0.39 is 45.8 Å². The van der Waals surface area contributed by atoms with Gasteiger partial charge in [0.05, 0.1) is 52.4 Å². The molecule has 266 valence electrons. The first kappa shape index (κ1) is 36.2. The van der Waals surface area contributed by atoms with Gasteiger partial charge in [0.2, 0.25) is 15.9 Å². The highest BCUT2D eigenvalue weighted by Crippen LogP contribution is 2.41. The lowest BCUT2D eigenvalue weighted by atomic mass is 9.84. The zero-order chi connectivity index (χ0) is 36.1. The molecule has 3 aromatic heterocycles. The second kappa shape index (κ2) is 13.8. The summed E-state index contributed by atoms with van der Waals surface area (Å²) in [6.45, 7) is -0.415. The number of rotatable bonds is 10. The van der Waals surface area contributed by atoms with E-state index in [1.807, 2.05) is 0 Å². The number of anilines is 1. The van der Waals surface area contributed by atoms with Gasteiger partial charge in [0.1, 0.15) is 17.5 Å². The number of sulfonamides is 1. The predicted molar refractivity (Wildman–Crippen MR) is 185 cm³/mol. The van der Waals surface area contributed by atoms with Gasteiger partial charge >= 0.3 is 0 Å². The normalized spacial score (nSPS) is 15.9. The number of aliphatic hydroxyl groups is 1. The quantitative estimate of drug-likeness (QED) is 0.117. The van der Waals surface area contributed by atoms with Gasteiger partial charge in [-0.05, 0) is 60.7 Å². The minimum atomic E-state index is -3.83. The lowest BCUT2D eigenvalue weighted by Gasteiger charge is -2.28. The van der Waals surface area contributed by atoms with Gasteiger partial charge < -0.3 is 10.8 Å². The maximum atomic E-state index is 14.7. The van der Waals surface area contributed by atoms with Crippen LogP contribution in [0.3, 0.4) is 0 Å². The molecule has 5 aromatic rings. The van der Waals surface area contributed by atoms with Crippen LogP contribution in [0.2, 0.25) is 5.02 Å². The summed E-state index contributed by atoms with van der Waals surface area (Å²) in [4.78, 5) is 24.0. The molecule has 11 nitrogen and oxygen atoms in total. The first-order chi connectivity index (χ1) is 23.6. The van der Waals surface area contributed by atoms with Gasteiger partial charge in [-0.1, -0.05) is 27.5 Å². The van der Waals surface area contributed by atoms with E-state index >= 15 is 0 Å². The van der Waals surface area contributed by atoms with Gasteiger partial charge in [-0.3, -0.25) is 18.8 Å². The van der Waals surface area contributed by atoms with Crippen LogP contribution in [0, 0.1) is 11.6 Å². The number of aliphatic hydroxyl groups excluding tert-OH is 1. The number of pyridine rings is 1. The van der Waals surface area contributed by atoms with E-state index in [2.05, 4.69) is 30.7 Å². The number of aromatic nitrogens is 5. The molecule has 0 spiro atoms. The highest BCUT2D eigenvalue weighted by atomic mass is 79.9. The van der Waals surface area contributed by atoms with E-state index in [0.717, 1.165) is 18.4 Å². The second-order valence-corrected chi connectivity index (χ2v) is 15.3. The Bertz CT molecular complexity index is 2270. The molecular formula is C32H31BrClF4N7O4S. The van der Waals surface area contributed by atoms with Crippen molar-refractivity contribution in [3.8, 4) is 5.69 Å². The van der Waals surface area contributed by atoms with Gasteiger partial charge in [-0.15, -0.1) is 0 Å². The molecule has 3 heterocycles. The first-order valence-electron chi connectivity index (χ1n) is 15.5. The van der Waals surface area contributed by atoms with Crippen LogP contribution in [0.1, 0.15) is 60.3 Å². The number of halogens is 6. The van der Waals surface area contributed by atoms with Gasteiger partial charge in [-0.2, -0.15) is 5.10 Å². The van der Waals surface area contributed by atoms with Crippen LogP contribution in [0.4, 0.5) is 23.4 Å². The minimum Gasteiger partial charge on any atom is -0.392 e. The molecule has 0 radical (unpaired) electrons. The summed E-state index contributed by atoms with van der Waals surface area (Å²) in [6.07, 6.45) is 0.345. The van der Waals surface area contributed by atoms with Crippen molar-refractivity contribution in [2.45, 2.75) is 63.1 Å². The molecule has 0 aliphatic heterocycles. The summed E-state index contributed by atoms with van der Waals surface area (Å²) in [7, 11) is -3.83. The zero-order valence-electron chi connectivity index (χ0n) is 26.4. The standard InChI is InChI=1S/C32H31BrClF4N7O4S/c1-50(48,49)43-29-26-21(34)2-3-24(27(26)44(42-29)9-8-33)45-30(22(39)12-16-10-19(35)14-20(36)11-16)41-28-25(31(45)47)18(15-46)13-23(40-28)17-4-6-32(37,38)7-5-17/h2-3,10-11,13-14,17,22,46H,4-9,12,15,39H2,1H3,(H,42,43)/t22-/m0/s1. The Morgan fingerprint density at radius 2 is 1.80 bits per heavy atom. The van der Waals surface area contributed by atoms with Crippen molar-refractivity contribution in [2.75, 3.05) is 16.3 Å². The molecule has 0 unspecified atom stereocenters. The molecule has 18 heteroatoms. The largest absolute Gasteiger partial charge is 0.392 e. The molecule has 1 fully saturated rings. The van der Waals surface area contributed by atoms with Crippen LogP contribution < -0.4 is 16.0 Å². The number of aryl methyl sites for hydroxylation is 1. The third-order valence-electron chi connectivity index (χ3n) is 8.62. The summed E-state index contributed by atoms with van der Waals surface area (Å²) in [6, 6.07) is 6.17. The fraction of sp³-hybridized carbons (Fsp3) is 0.375. The molecule has 6 rings (SSSR count). The van der Waals surface area contributed by atoms with Gasteiger partial charge in [0, 0.05) is 35.8 Å². The topological polar surface area (TPSA) is 158 Å². The van der Waals surface area contributed by atoms with Gasteiger partial charge in [0.25, 0.3) is 5.56 Å². The fourth-order valence-electron chi connectivity index (χ4n) is 6.45. The van der Waals surface area contributed by atoms with E-state index in [-0.39, 0.29) is 100.0 Å². The van der Waals surface area contributed by atoms with E-state index in [1.54, 1.807) is 0 Å². The number of nitrogens with one attached hydrogen (secondary N) is 1. The molecule has 0 amide bonds. The van der Waals surface area contributed by atoms with Crippen molar-refractivity contribution in [3.05, 3.63) is 86.1 Å². The molecule has 2 aromatic carbocycles. The number of hydrogen-bond donors (Lipinski definition) is 3. The number of alkyl halides is 3. The number of hydrogen-bond acceptors (Lipinski definition) is 8. The average Bonchev–Trinajstić information content (AvgIpc) is 3.37. The molecule has 4 N–H and O–H groups in total. The van der Waals surface area contributed by atoms with Crippen molar-refractivity contribution in [2.24, 2.45) is 5.73 Å². The minimum absolute atomic E-state index is 0.0747. The number of nitrogens with two attached hydrogens (primary N) is 1. The molecule has 1 aliphatic carbocycles. The number of benzene rings is 2. The van der Waals surface area contributed by atoms with E-state index in [1.165, 1.54) is 27.4 Å². The lowest BCUT2D eigenvalue weighted by Crippen LogP contribution is -2.31. The third-order valence-corrected chi connectivity index (χ3v) is 9.86. The maximum Gasteiger partial charge on any atom is 0.268 e. The Kier molecular flexibility index (Phi) is 10.00. The van der Waals surface area contributed by atoms with Crippen molar-refractivity contribution in [3.63, 3.8) is 0 Å². The van der Waals surface area contributed by atoms with Crippen molar-refractivity contribution >= 4 is 65.3 Å². The van der Waals surface area contributed by atoms with Gasteiger partial charge in [0.15, 0.2) is 11.5 Å². The molecule has 1 atom stereocenters. The summed E-state index contributed by atoms with van der Waals surface area (Å²) >= 11 is 9.97. The molecule has 0 bridgehead atoms. The van der Waals surface area contributed by atoms with Crippen LogP contribution in [0.5, 0.6) is 0 Å². The van der Waals surface area contributed by atoms with E-state index in [4.69, 9.17) is 22.3 Å². The fourth-order valence-corrected chi connectivity index (χ4v) is 7.52. The lowest BCUT2D eigenvalue weighted by molar-refractivity contribution is -0.0384. The third kappa shape index (κ3) is 7.24. The molecule has 0 saturated heterocycles. The first-order valence-corrected chi connectivity index (χ1v) is 18.9. The molecule has 1 saturated carbocycles. The van der Waals surface area contributed by atoms with Crippen LogP contribution in [-0.4, -0.2) is 55.3 Å². The van der Waals surface area contributed by atoms with E-state index in [0.29, 0.717) is 17.1 Å². The summed E-state index contributed by atoms with van der Waals surface area (Å²) in [5, 5.41) is 15.5.